The minimum atomic E-state index is -0.657. The molecule has 1 aromatic carbocycles. The van der Waals surface area contributed by atoms with E-state index >= 15 is 0 Å². The van der Waals surface area contributed by atoms with Gasteiger partial charge >= 0.3 is 0 Å². The van der Waals surface area contributed by atoms with Crippen molar-refractivity contribution in [3.05, 3.63) is 53.9 Å². The topological polar surface area (TPSA) is 36.7 Å². The van der Waals surface area contributed by atoms with Crippen molar-refractivity contribution in [2.75, 3.05) is 0 Å². The fourth-order valence-corrected chi connectivity index (χ4v) is 1.38. The van der Waals surface area contributed by atoms with Gasteiger partial charge in [-0.2, -0.15) is 5.26 Å². The van der Waals surface area contributed by atoms with E-state index in [1.165, 1.54) is 24.4 Å². The molecule has 78 valence electrons. The predicted molar refractivity (Wildman–Crippen MR) is 54.3 cm³/mol. The molecule has 2 nitrogen and oxygen atoms in total. The molecule has 0 N–H and O–H groups in total. The van der Waals surface area contributed by atoms with E-state index in [1.807, 2.05) is 6.07 Å². The Hall–Kier alpha value is -2.28. The number of nitriles is 1. The molecule has 0 spiro atoms. The molecule has 16 heavy (non-hydrogen) atoms. The summed E-state index contributed by atoms with van der Waals surface area (Å²) >= 11 is 0. The first-order valence-corrected chi connectivity index (χ1v) is 4.52. The third kappa shape index (κ3) is 1.89. The summed E-state index contributed by atoms with van der Waals surface area (Å²) in [6.07, 6.45) is 1.41. The Kier molecular flexibility index (Phi) is 2.61. The van der Waals surface area contributed by atoms with Crippen molar-refractivity contribution in [3.8, 4) is 17.2 Å². The molecule has 4 heteroatoms. The van der Waals surface area contributed by atoms with Gasteiger partial charge in [-0.15, -0.1) is 0 Å². The van der Waals surface area contributed by atoms with Crippen LogP contribution in [0.15, 0.2) is 36.5 Å². The minimum absolute atomic E-state index is 0.196. The summed E-state index contributed by atoms with van der Waals surface area (Å²) in [4.78, 5) is 3.77. The van der Waals surface area contributed by atoms with Crippen LogP contribution in [-0.2, 0) is 0 Å². The van der Waals surface area contributed by atoms with E-state index in [2.05, 4.69) is 4.98 Å². The molecule has 0 aliphatic carbocycles. The zero-order chi connectivity index (χ0) is 11.5. The average Bonchev–Trinajstić information content (AvgIpc) is 2.29. The highest BCUT2D eigenvalue weighted by atomic mass is 19.1. The smallest absolute Gasteiger partial charge is 0.141 e. The first-order chi connectivity index (χ1) is 7.70. The summed E-state index contributed by atoms with van der Waals surface area (Å²) in [5, 5.41) is 8.66. The molecule has 2 rings (SSSR count). The number of aromatic nitrogens is 1. The molecule has 1 heterocycles. The molecule has 0 saturated carbocycles. The highest BCUT2D eigenvalue weighted by Gasteiger charge is 2.06. The maximum absolute atomic E-state index is 13.4. The van der Waals surface area contributed by atoms with Crippen LogP contribution >= 0.6 is 0 Å². The van der Waals surface area contributed by atoms with Gasteiger partial charge in [0.25, 0.3) is 0 Å². The molecule has 2 aromatic rings. The Balaban J connectivity index is 2.55. The van der Waals surface area contributed by atoms with Crippen LogP contribution < -0.4 is 0 Å². The van der Waals surface area contributed by atoms with E-state index in [1.54, 1.807) is 6.07 Å². The van der Waals surface area contributed by atoms with E-state index in [-0.39, 0.29) is 11.3 Å². The second kappa shape index (κ2) is 4.07. The van der Waals surface area contributed by atoms with Crippen LogP contribution in [0.2, 0.25) is 0 Å². The second-order valence-corrected chi connectivity index (χ2v) is 3.17. The molecular weight excluding hydrogens is 210 g/mol. The fraction of sp³-hybridized carbons (Fsp3) is 0. The number of halogens is 2. The zero-order valence-electron chi connectivity index (χ0n) is 8.11. The Labute approximate surface area is 90.8 Å². The maximum Gasteiger partial charge on any atom is 0.141 e. The molecule has 0 unspecified atom stereocenters. The van der Waals surface area contributed by atoms with Crippen LogP contribution in [0.3, 0.4) is 0 Å². The van der Waals surface area contributed by atoms with Crippen molar-refractivity contribution in [3.63, 3.8) is 0 Å². The van der Waals surface area contributed by atoms with Crippen LogP contribution in [0.5, 0.6) is 0 Å². The van der Waals surface area contributed by atoms with Crippen molar-refractivity contribution in [2.24, 2.45) is 0 Å². The van der Waals surface area contributed by atoms with Crippen molar-refractivity contribution in [2.45, 2.75) is 0 Å². The van der Waals surface area contributed by atoms with Gasteiger partial charge in [0.2, 0.25) is 0 Å². The third-order valence-corrected chi connectivity index (χ3v) is 2.12. The van der Waals surface area contributed by atoms with Gasteiger partial charge in [-0.3, -0.25) is 0 Å². The highest BCUT2D eigenvalue weighted by Crippen LogP contribution is 2.23. The van der Waals surface area contributed by atoms with Crippen LogP contribution in [0.25, 0.3) is 11.1 Å². The SMILES string of the molecule is N#Cc1cc(-c2ccc(F)cc2F)ccn1. The third-order valence-electron chi connectivity index (χ3n) is 2.12. The number of nitrogens with zero attached hydrogens (tertiary/aromatic N) is 2. The van der Waals surface area contributed by atoms with Gasteiger partial charge in [0, 0.05) is 17.8 Å². The normalized spacial score (nSPS) is 9.81. The van der Waals surface area contributed by atoms with Crippen LogP contribution in [0.4, 0.5) is 8.78 Å². The van der Waals surface area contributed by atoms with Gasteiger partial charge in [-0.05, 0) is 29.8 Å². The molecular formula is C12H6F2N2. The maximum atomic E-state index is 13.4. The van der Waals surface area contributed by atoms with E-state index in [4.69, 9.17) is 5.26 Å². The molecule has 0 atom stereocenters. The van der Waals surface area contributed by atoms with Crippen molar-refractivity contribution >= 4 is 0 Å². The Morgan fingerprint density at radius 2 is 1.94 bits per heavy atom. The Morgan fingerprint density at radius 3 is 2.62 bits per heavy atom. The summed E-state index contributed by atoms with van der Waals surface area (Å²) in [5.74, 6) is -1.29. The van der Waals surface area contributed by atoms with E-state index < -0.39 is 11.6 Å². The van der Waals surface area contributed by atoms with Gasteiger partial charge in [-0.1, -0.05) is 0 Å². The number of rotatable bonds is 1. The highest BCUT2D eigenvalue weighted by molar-refractivity contribution is 5.64. The predicted octanol–water partition coefficient (Wildman–Crippen LogP) is 2.90. The van der Waals surface area contributed by atoms with Crippen LogP contribution in [0.1, 0.15) is 5.69 Å². The quantitative estimate of drug-likeness (QED) is 0.734. The second-order valence-electron chi connectivity index (χ2n) is 3.17. The lowest BCUT2D eigenvalue weighted by molar-refractivity contribution is 0.585. The molecule has 0 fully saturated rings. The number of hydrogen-bond donors (Lipinski definition) is 0. The molecule has 0 bridgehead atoms. The summed E-state index contributed by atoms with van der Waals surface area (Å²) in [6.45, 7) is 0. The largest absolute Gasteiger partial charge is 0.246 e. The summed E-state index contributed by atoms with van der Waals surface area (Å²) in [7, 11) is 0. The average molecular weight is 216 g/mol. The number of pyridine rings is 1. The van der Waals surface area contributed by atoms with Crippen molar-refractivity contribution < 1.29 is 8.78 Å². The molecule has 0 aliphatic rings. The number of benzene rings is 1. The lowest BCUT2D eigenvalue weighted by Gasteiger charge is -2.03. The first-order valence-electron chi connectivity index (χ1n) is 4.52. The zero-order valence-corrected chi connectivity index (χ0v) is 8.11. The molecule has 0 saturated heterocycles. The Morgan fingerprint density at radius 1 is 1.12 bits per heavy atom. The lowest BCUT2D eigenvalue weighted by Crippen LogP contribution is -1.88. The minimum Gasteiger partial charge on any atom is -0.246 e. The van der Waals surface area contributed by atoms with E-state index in [0.29, 0.717) is 5.56 Å². The number of hydrogen-bond acceptors (Lipinski definition) is 2. The molecule has 0 amide bonds. The lowest BCUT2D eigenvalue weighted by atomic mass is 10.1. The van der Waals surface area contributed by atoms with Crippen LogP contribution in [0, 0.1) is 23.0 Å². The van der Waals surface area contributed by atoms with Gasteiger partial charge in [0.05, 0.1) is 0 Å². The van der Waals surface area contributed by atoms with Gasteiger partial charge in [0.1, 0.15) is 23.4 Å². The van der Waals surface area contributed by atoms with Gasteiger partial charge in [-0.25, -0.2) is 13.8 Å². The standard InChI is InChI=1S/C12H6F2N2/c13-9-1-2-11(12(14)6-9)8-3-4-16-10(5-8)7-15/h1-6H. The van der Waals surface area contributed by atoms with Crippen molar-refractivity contribution in [1.82, 2.24) is 4.98 Å². The van der Waals surface area contributed by atoms with Gasteiger partial charge in [0.15, 0.2) is 0 Å². The van der Waals surface area contributed by atoms with Gasteiger partial charge < -0.3 is 0 Å². The van der Waals surface area contributed by atoms with E-state index in [0.717, 1.165) is 6.07 Å². The molecule has 0 aliphatic heterocycles. The van der Waals surface area contributed by atoms with Crippen molar-refractivity contribution in [1.29, 1.82) is 5.26 Å². The Bertz CT molecular complexity index is 573. The van der Waals surface area contributed by atoms with E-state index in [9.17, 15) is 8.78 Å². The summed E-state index contributed by atoms with van der Waals surface area (Å²) in [6, 6.07) is 8.19. The molecule has 1 aromatic heterocycles. The summed E-state index contributed by atoms with van der Waals surface area (Å²) < 4.78 is 26.1. The summed E-state index contributed by atoms with van der Waals surface area (Å²) in [5.41, 5.74) is 0.950. The van der Waals surface area contributed by atoms with Crippen LogP contribution in [-0.4, -0.2) is 4.98 Å². The molecule has 0 radical (unpaired) electrons. The fourth-order valence-electron chi connectivity index (χ4n) is 1.38. The first kappa shape index (κ1) is 10.2. The monoisotopic (exact) mass is 216 g/mol.